The molecule has 0 fully saturated rings. The topological polar surface area (TPSA) is 44.1 Å². The van der Waals surface area contributed by atoms with Gasteiger partial charge in [-0.05, 0) is 12.1 Å². The Morgan fingerprint density at radius 2 is 2.00 bits per heavy atom. The van der Waals surface area contributed by atoms with Gasteiger partial charge in [0.15, 0.2) is 0 Å². The van der Waals surface area contributed by atoms with Crippen molar-refractivity contribution in [3.05, 3.63) is 53.1 Å². The summed E-state index contributed by atoms with van der Waals surface area (Å²) in [6.45, 7) is 0. The van der Waals surface area contributed by atoms with Crippen molar-refractivity contribution >= 4 is 0 Å². The molecule has 0 radical (unpaired) electrons. The molecule has 0 saturated heterocycles. The number of hydrogen-bond acceptors (Lipinski definition) is 3. The van der Waals surface area contributed by atoms with Crippen molar-refractivity contribution in [1.82, 2.24) is 9.55 Å². The first-order valence-electron chi connectivity index (χ1n) is 4.52. The number of ether oxygens (including phenoxy) is 1. The minimum atomic E-state index is -0.249. The van der Waals surface area contributed by atoms with Gasteiger partial charge in [-0.3, -0.25) is 4.79 Å². The van der Waals surface area contributed by atoms with Crippen LogP contribution in [-0.2, 0) is 7.05 Å². The van der Waals surface area contributed by atoms with E-state index in [0.717, 1.165) is 0 Å². The predicted octanol–water partition coefficient (Wildman–Crippen LogP) is 1.57. The van der Waals surface area contributed by atoms with Gasteiger partial charge in [0.2, 0.25) is 0 Å². The van der Waals surface area contributed by atoms with Crippen molar-refractivity contribution in [2.75, 3.05) is 0 Å². The molecule has 0 unspecified atom stereocenters. The molecule has 4 heteroatoms. The Kier molecular flexibility index (Phi) is 2.49. The zero-order valence-electron chi connectivity index (χ0n) is 8.25. The van der Waals surface area contributed by atoms with Gasteiger partial charge >= 0.3 is 5.56 Å². The third-order valence-corrected chi connectivity index (χ3v) is 1.94. The van der Waals surface area contributed by atoms with E-state index in [2.05, 4.69) is 4.98 Å². The molecule has 0 saturated carbocycles. The van der Waals surface area contributed by atoms with Crippen LogP contribution in [0.15, 0.2) is 47.5 Å². The molecule has 2 rings (SSSR count). The fraction of sp³-hybridized carbons (Fsp3) is 0.0909. The van der Waals surface area contributed by atoms with Crippen LogP contribution in [-0.4, -0.2) is 9.55 Å². The fourth-order valence-electron chi connectivity index (χ4n) is 1.14. The zero-order chi connectivity index (χ0) is 10.7. The Morgan fingerprint density at radius 3 is 2.73 bits per heavy atom. The van der Waals surface area contributed by atoms with Crippen molar-refractivity contribution in [2.24, 2.45) is 7.05 Å². The van der Waals surface area contributed by atoms with Gasteiger partial charge in [0, 0.05) is 19.4 Å². The second-order valence-corrected chi connectivity index (χ2v) is 3.06. The summed E-state index contributed by atoms with van der Waals surface area (Å²) in [5.41, 5.74) is -0.249. The van der Waals surface area contributed by atoms with Crippen molar-refractivity contribution in [3.8, 4) is 11.6 Å². The molecule has 0 atom stereocenters. The highest BCUT2D eigenvalue weighted by atomic mass is 16.5. The molecule has 0 aliphatic rings. The number of rotatable bonds is 2. The predicted molar refractivity (Wildman–Crippen MR) is 56.0 cm³/mol. The SMILES string of the molecule is Cn1ccnc(Oc2ccccc2)c1=O. The van der Waals surface area contributed by atoms with Crippen LogP contribution >= 0.6 is 0 Å². The third kappa shape index (κ3) is 2.04. The standard InChI is InChI=1S/C11H10N2O2/c1-13-8-7-12-10(11(13)14)15-9-5-3-2-4-6-9/h2-8H,1H3. The molecule has 0 aliphatic heterocycles. The van der Waals surface area contributed by atoms with Crippen molar-refractivity contribution in [3.63, 3.8) is 0 Å². The van der Waals surface area contributed by atoms with Gasteiger partial charge in [-0.15, -0.1) is 0 Å². The summed E-state index contributed by atoms with van der Waals surface area (Å²) in [6, 6.07) is 9.09. The Bertz CT molecular complexity index is 505. The van der Waals surface area contributed by atoms with Crippen molar-refractivity contribution in [2.45, 2.75) is 0 Å². The normalized spacial score (nSPS) is 9.93. The molecular formula is C11H10N2O2. The highest BCUT2D eigenvalue weighted by molar-refractivity contribution is 5.25. The van der Waals surface area contributed by atoms with Gasteiger partial charge in [-0.25, -0.2) is 4.98 Å². The van der Waals surface area contributed by atoms with E-state index in [-0.39, 0.29) is 11.4 Å². The average Bonchev–Trinajstić information content (AvgIpc) is 2.26. The number of aromatic nitrogens is 2. The minimum Gasteiger partial charge on any atom is -0.435 e. The second-order valence-electron chi connectivity index (χ2n) is 3.06. The van der Waals surface area contributed by atoms with E-state index < -0.39 is 0 Å². The van der Waals surface area contributed by atoms with Crippen LogP contribution < -0.4 is 10.3 Å². The van der Waals surface area contributed by atoms with E-state index in [0.29, 0.717) is 5.75 Å². The Balaban J connectivity index is 2.33. The van der Waals surface area contributed by atoms with E-state index in [4.69, 9.17) is 4.74 Å². The molecule has 0 aliphatic carbocycles. The number of nitrogens with zero attached hydrogens (tertiary/aromatic N) is 2. The molecule has 1 heterocycles. The first-order chi connectivity index (χ1) is 7.27. The summed E-state index contributed by atoms with van der Waals surface area (Å²) in [7, 11) is 1.65. The molecule has 1 aromatic carbocycles. The largest absolute Gasteiger partial charge is 0.435 e. The maximum atomic E-state index is 11.5. The second kappa shape index (κ2) is 3.96. The van der Waals surface area contributed by atoms with E-state index in [9.17, 15) is 4.79 Å². The summed E-state index contributed by atoms with van der Waals surface area (Å²) in [5, 5.41) is 0. The molecule has 0 amide bonds. The van der Waals surface area contributed by atoms with Gasteiger partial charge in [0.1, 0.15) is 5.75 Å². The molecule has 1 aromatic heterocycles. The quantitative estimate of drug-likeness (QED) is 0.742. The Hall–Kier alpha value is -2.10. The lowest BCUT2D eigenvalue weighted by Crippen LogP contribution is -2.18. The maximum Gasteiger partial charge on any atom is 0.313 e. The minimum absolute atomic E-state index is 0.0891. The summed E-state index contributed by atoms with van der Waals surface area (Å²) >= 11 is 0. The van der Waals surface area contributed by atoms with E-state index in [1.807, 2.05) is 18.2 Å². The molecule has 76 valence electrons. The van der Waals surface area contributed by atoms with Crippen LogP contribution in [0.2, 0.25) is 0 Å². The van der Waals surface area contributed by atoms with E-state index in [1.165, 1.54) is 10.8 Å². The number of para-hydroxylation sites is 1. The summed E-state index contributed by atoms with van der Waals surface area (Å²) in [5.74, 6) is 0.694. The van der Waals surface area contributed by atoms with Crippen molar-refractivity contribution < 1.29 is 4.74 Å². The lowest BCUT2D eigenvalue weighted by molar-refractivity contribution is 0.448. The lowest BCUT2D eigenvalue weighted by Gasteiger charge is -2.04. The number of hydrogen-bond donors (Lipinski definition) is 0. The van der Waals surface area contributed by atoms with Crippen LogP contribution in [0.5, 0.6) is 11.6 Å². The molecule has 2 aromatic rings. The molecule has 0 bridgehead atoms. The van der Waals surface area contributed by atoms with Crippen LogP contribution in [0, 0.1) is 0 Å². The molecule has 0 spiro atoms. The number of benzene rings is 1. The van der Waals surface area contributed by atoms with Gasteiger partial charge in [-0.2, -0.15) is 0 Å². The molecule has 0 N–H and O–H groups in total. The summed E-state index contributed by atoms with van der Waals surface area (Å²) < 4.78 is 6.77. The molecule has 15 heavy (non-hydrogen) atoms. The molecule has 4 nitrogen and oxygen atoms in total. The highest BCUT2D eigenvalue weighted by Crippen LogP contribution is 2.14. The fourth-order valence-corrected chi connectivity index (χ4v) is 1.14. The van der Waals surface area contributed by atoms with Gasteiger partial charge in [0.25, 0.3) is 5.88 Å². The van der Waals surface area contributed by atoms with Crippen LogP contribution in [0.3, 0.4) is 0 Å². The zero-order valence-corrected chi connectivity index (χ0v) is 8.25. The number of aryl methyl sites for hydroxylation is 1. The smallest absolute Gasteiger partial charge is 0.313 e. The average molecular weight is 202 g/mol. The van der Waals surface area contributed by atoms with Gasteiger partial charge in [0.05, 0.1) is 0 Å². The van der Waals surface area contributed by atoms with E-state index >= 15 is 0 Å². The van der Waals surface area contributed by atoms with Crippen LogP contribution in [0.1, 0.15) is 0 Å². The third-order valence-electron chi connectivity index (χ3n) is 1.94. The molecular weight excluding hydrogens is 192 g/mol. The Labute approximate surface area is 86.8 Å². The monoisotopic (exact) mass is 202 g/mol. The van der Waals surface area contributed by atoms with Crippen LogP contribution in [0.4, 0.5) is 0 Å². The summed E-state index contributed by atoms with van der Waals surface area (Å²) in [6.07, 6.45) is 3.11. The van der Waals surface area contributed by atoms with Gasteiger partial charge in [-0.1, -0.05) is 18.2 Å². The van der Waals surface area contributed by atoms with Crippen molar-refractivity contribution in [1.29, 1.82) is 0 Å². The first kappa shape index (κ1) is 9.45. The maximum absolute atomic E-state index is 11.5. The highest BCUT2D eigenvalue weighted by Gasteiger charge is 2.04. The first-order valence-corrected chi connectivity index (χ1v) is 4.52. The lowest BCUT2D eigenvalue weighted by atomic mass is 10.3. The van der Waals surface area contributed by atoms with Gasteiger partial charge < -0.3 is 9.30 Å². The van der Waals surface area contributed by atoms with E-state index in [1.54, 1.807) is 25.4 Å². The Morgan fingerprint density at radius 1 is 1.27 bits per heavy atom. The van der Waals surface area contributed by atoms with Crippen LogP contribution in [0.25, 0.3) is 0 Å². The summed E-state index contributed by atoms with van der Waals surface area (Å²) in [4.78, 5) is 15.4.